The van der Waals surface area contributed by atoms with E-state index in [2.05, 4.69) is 62.3 Å². The van der Waals surface area contributed by atoms with Gasteiger partial charge in [-0.2, -0.15) is 0 Å². The van der Waals surface area contributed by atoms with Crippen molar-refractivity contribution in [2.45, 2.75) is 140 Å². The van der Waals surface area contributed by atoms with Crippen molar-refractivity contribution in [1.29, 1.82) is 0 Å². The Balaban J connectivity index is 2.75. The third-order valence-corrected chi connectivity index (χ3v) is 23.9. The van der Waals surface area contributed by atoms with E-state index in [1.165, 1.54) is 0 Å². The SMILES string of the molecule is CC[Si](CC)(CC)OC1=C(Cl)[C@H](O[Si](CC)(CC)CC)C2(OCCO2)[C@H](O[Si](CC)(CC)CC)[C@H]1Cl. The van der Waals surface area contributed by atoms with Crippen molar-refractivity contribution in [2.75, 3.05) is 13.2 Å². The van der Waals surface area contributed by atoms with Crippen molar-refractivity contribution in [2.24, 2.45) is 0 Å². The molecule has 0 unspecified atom stereocenters. The largest absolute Gasteiger partial charge is 0.544 e. The van der Waals surface area contributed by atoms with E-state index in [0.29, 0.717) is 24.0 Å². The Morgan fingerprint density at radius 1 is 0.694 bits per heavy atom. The Morgan fingerprint density at radius 2 is 1.08 bits per heavy atom. The maximum Gasteiger partial charge on any atom is 0.250 e. The molecule has 5 nitrogen and oxygen atoms in total. The zero-order valence-corrected chi connectivity index (χ0v) is 28.8. The zero-order chi connectivity index (χ0) is 27.2. The summed E-state index contributed by atoms with van der Waals surface area (Å²) in [6.45, 7) is 21.0. The Kier molecular flexibility index (Phi) is 12.6. The molecule has 1 spiro atoms. The van der Waals surface area contributed by atoms with Gasteiger partial charge in [-0.3, -0.25) is 0 Å². The molecule has 1 saturated heterocycles. The summed E-state index contributed by atoms with van der Waals surface area (Å²) in [5, 5.41) is -0.0718. The summed E-state index contributed by atoms with van der Waals surface area (Å²) in [7, 11) is -6.25. The van der Waals surface area contributed by atoms with Gasteiger partial charge >= 0.3 is 0 Å². The fraction of sp³-hybridized carbons (Fsp3) is 0.923. The number of halogens is 2. The topological polar surface area (TPSA) is 46.2 Å². The Morgan fingerprint density at radius 3 is 1.47 bits per heavy atom. The monoisotopic (exact) mass is 598 g/mol. The third-order valence-electron chi connectivity index (χ3n) is 9.35. The lowest BCUT2D eigenvalue weighted by Crippen LogP contribution is -2.66. The van der Waals surface area contributed by atoms with E-state index in [9.17, 15) is 0 Å². The lowest BCUT2D eigenvalue weighted by Gasteiger charge is -2.52. The molecule has 0 aromatic rings. The minimum absolute atomic E-state index is 0.471. The molecule has 2 rings (SSSR count). The Bertz CT molecular complexity index is 696. The molecule has 212 valence electrons. The average Bonchev–Trinajstić information content (AvgIpc) is 3.41. The van der Waals surface area contributed by atoms with Crippen molar-refractivity contribution < 1.29 is 22.8 Å². The summed E-state index contributed by atoms with van der Waals surface area (Å²) in [4.78, 5) is 0. The third kappa shape index (κ3) is 6.17. The fourth-order valence-electron chi connectivity index (χ4n) is 5.79. The molecular weight excluding hydrogens is 547 g/mol. The van der Waals surface area contributed by atoms with Gasteiger partial charge in [0.25, 0.3) is 0 Å². The molecule has 1 heterocycles. The van der Waals surface area contributed by atoms with Crippen LogP contribution in [0.15, 0.2) is 10.8 Å². The van der Waals surface area contributed by atoms with E-state index in [0.717, 1.165) is 54.4 Å². The van der Waals surface area contributed by atoms with Crippen molar-refractivity contribution in [1.82, 2.24) is 0 Å². The van der Waals surface area contributed by atoms with E-state index in [-0.39, 0.29) is 0 Å². The van der Waals surface area contributed by atoms with Crippen LogP contribution in [0.5, 0.6) is 0 Å². The predicted octanol–water partition coefficient (Wildman–Crippen LogP) is 8.60. The quantitative estimate of drug-likeness (QED) is 0.139. The highest BCUT2D eigenvalue weighted by atomic mass is 35.5. The van der Waals surface area contributed by atoms with E-state index in [1.807, 2.05) is 0 Å². The fourth-order valence-corrected chi connectivity index (χ4v) is 15.1. The molecule has 0 radical (unpaired) electrons. The van der Waals surface area contributed by atoms with E-state index in [4.69, 9.17) is 46.0 Å². The normalized spacial score (nSPS) is 25.1. The smallest absolute Gasteiger partial charge is 0.250 e. The van der Waals surface area contributed by atoms with Gasteiger partial charge in [-0.25, -0.2) is 0 Å². The molecular formula is C26H52Cl2O5Si3. The van der Waals surface area contributed by atoms with Crippen LogP contribution in [0.25, 0.3) is 0 Å². The number of rotatable bonds is 15. The first-order chi connectivity index (χ1) is 17.1. The van der Waals surface area contributed by atoms with Crippen LogP contribution in [0.1, 0.15) is 62.3 Å². The molecule has 10 heteroatoms. The van der Waals surface area contributed by atoms with Gasteiger partial charge in [0.1, 0.15) is 23.3 Å². The van der Waals surface area contributed by atoms with Crippen LogP contribution >= 0.6 is 23.2 Å². The first kappa shape index (κ1) is 32.8. The van der Waals surface area contributed by atoms with E-state index < -0.39 is 48.3 Å². The molecule has 0 N–H and O–H groups in total. The van der Waals surface area contributed by atoms with Crippen molar-refractivity contribution in [3.8, 4) is 0 Å². The molecule has 1 fully saturated rings. The summed E-state index contributed by atoms with van der Waals surface area (Å²) in [5.41, 5.74) is 0. The van der Waals surface area contributed by atoms with Gasteiger partial charge in [0, 0.05) is 0 Å². The predicted molar refractivity (Wildman–Crippen MR) is 160 cm³/mol. The number of alkyl halides is 1. The highest BCUT2D eigenvalue weighted by Crippen LogP contribution is 2.50. The molecule has 1 aliphatic carbocycles. The molecule has 36 heavy (non-hydrogen) atoms. The molecule has 0 aromatic carbocycles. The molecule has 1 aliphatic heterocycles. The first-order valence-electron chi connectivity index (χ1n) is 14.5. The van der Waals surface area contributed by atoms with E-state index >= 15 is 0 Å². The molecule has 0 amide bonds. The van der Waals surface area contributed by atoms with Gasteiger partial charge in [-0.1, -0.05) is 73.9 Å². The first-order valence-corrected chi connectivity index (χ1v) is 22.9. The highest BCUT2D eigenvalue weighted by molar-refractivity contribution is 6.74. The molecule has 0 aromatic heterocycles. The van der Waals surface area contributed by atoms with Crippen LogP contribution in [-0.4, -0.2) is 61.5 Å². The summed E-state index contributed by atoms with van der Waals surface area (Å²) < 4.78 is 34.2. The number of hydrogen-bond donors (Lipinski definition) is 0. The summed E-state index contributed by atoms with van der Waals surface area (Å²) in [6, 6.07) is 9.01. The maximum atomic E-state index is 7.35. The summed E-state index contributed by atoms with van der Waals surface area (Å²) >= 11 is 14.6. The van der Waals surface area contributed by atoms with Gasteiger partial charge in [0.2, 0.25) is 14.1 Å². The van der Waals surface area contributed by atoms with E-state index in [1.54, 1.807) is 0 Å². The van der Waals surface area contributed by atoms with Gasteiger partial charge in [0.05, 0.1) is 18.2 Å². The molecule has 0 saturated carbocycles. The Labute approximate surface area is 234 Å². The van der Waals surface area contributed by atoms with Gasteiger partial charge in [-0.05, 0) is 54.4 Å². The number of hydrogen-bond acceptors (Lipinski definition) is 5. The second-order valence-corrected chi connectivity index (χ2v) is 25.4. The van der Waals surface area contributed by atoms with Crippen molar-refractivity contribution in [3.63, 3.8) is 0 Å². The summed E-state index contributed by atoms with van der Waals surface area (Å²) in [5.74, 6) is -0.506. The number of ether oxygens (including phenoxy) is 2. The van der Waals surface area contributed by atoms with Gasteiger partial charge in [0.15, 0.2) is 16.6 Å². The lowest BCUT2D eigenvalue weighted by molar-refractivity contribution is -0.256. The zero-order valence-electron chi connectivity index (χ0n) is 24.3. The summed E-state index contributed by atoms with van der Waals surface area (Å²) in [6.07, 6.45) is -1.14. The van der Waals surface area contributed by atoms with Crippen molar-refractivity contribution >= 4 is 48.2 Å². The van der Waals surface area contributed by atoms with Gasteiger partial charge in [-0.15, -0.1) is 11.6 Å². The van der Waals surface area contributed by atoms with Crippen LogP contribution in [0.3, 0.4) is 0 Å². The highest BCUT2D eigenvalue weighted by Gasteiger charge is 2.63. The lowest BCUT2D eigenvalue weighted by atomic mass is 9.92. The van der Waals surface area contributed by atoms with Crippen LogP contribution < -0.4 is 0 Å². The second-order valence-electron chi connectivity index (χ2n) is 10.4. The van der Waals surface area contributed by atoms with Crippen molar-refractivity contribution in [3.05, 3.63) is 10.8 Å². The standard InChI is InChI=1S/C26H52Cl2O5Si3/c1-10-34(11-2,12-3)31-23-21(27)24(32-35(13-4,14-5)15-6)26(29-19-20-30-26)25(22(23)28)33-36(16-7,17-8)18-9/h21,24-25H,10-20H2,1-9H3/t21-,24+,25-/m0/s1. The maximum absolute atomic E-state index is 7.35. The van der Waals surface area contributed by atoms with Crippen LogP contribution in [0, 0.1) is 0 Å². The minimum Gasteiger partial charge on any atom is -0.544 e. The molecule has 2 aliphatic rings. The van der Waals surface area contributed by atoms with Crippen LogP contribution in [-0.2, 0) is 22.8 Å². The Hall–Kier alpha value is 0.611. The minimum atomic E-state index is -2.10. The van der Waals surface area contributed by atoms with Gasteiger partial charge < -0.3 is 22.8 Å². The molecule has 3 atom stereocenters. The second kappa shape index (κ2) is 13.8. The van der Waals surface area contributed by atoms with Crippen LogP contribution in [0.4, 0.5) is 0 Å². The van der Waals surface area contributed by atoms with Crippen LogP contribution in [0.2, 0.25) is 54.4 Å². The average molecular weight is 600 g/mol. The molecule has 0 bridgehead atoms.